The van der Waals surface area contributed by atoms with Crippen LogP contribution in [0.4, 0.5) is 14.5 Å². The van der Waals surface area contributed by atoms with Gasteiger partial charge in [0.2, 0.25) is 9.84 Å². The van der Waals surface area contributed by atoms with Gasteiger partial charge in [0.25, 0.3) is 11.5 Å². The lowest BCUT2D eigenvalue weighted by atomic mass is 10.2. The smallest absolute Gasteiger partial charge is 0.341 e. The number of benzene rings is 2. The molecule has 12 heteroatoms. The van der Waals surface area contributed by atoms with Crippen molar-refractivity contribution in [2.24, 2.45) is 7.05 Å². The lowest BCUT2D eigenvalue weighted by Gasteiger charge is -2.07. The van der Waals surface area contributed by atoms with Gasteiger partial charge in [0, 0.05) is 7.05 Å². The van der Waals surface area contributed by atoms with Gasteiger partial charge in [0.1, 0.15) is 5.69 Å². The van der Waals surface area contributed by atoms with E-state index in [1.165, 1.54) is 4.68 Å². The van der Waals surface area contributed by atoms with Gasteiger partial charge in [-0.25, -0.2) is 17.9 Å². The highest BCUT2D eigenvalue weighted by molar-refractivity contribution is 7.91. The second-order valence-corrected chi connectivity index (χ2v) is 8.81. The van der Waals surface area contributed by atoms with E-state index in [2.05, 4.69) is 5.32 Å². The van der Waals surface area contributed by atoms with Crippen LogP contribution in [0.1, 0.15) is 16.1 Å². The van der Waals surface area contributed by atoms with Crippen LogP contribution in [0.2, 0.25) is 0 Å². The maximum Gasteiger partial charge on any atom is 0.341 e. The minimum atomic E-state index is -4.79. The van der Waals surface area contributed by atoms with E-state index >= 15 is 0 Å². The van der Waals surface area contributed by atoms with Crippen molar-refractivity contribution in [3.8, 4) is 5.69 Å². The molecule has 0 unspecified atom stereocenters. The van der Waals surface area contributed by atoms with Crippen molar-refractivity contribution < 1.29 is 31.5 Å². The van der Waals surface area contributed by atoms with Crippen LogP contribution in [0, 0.1) is 6.92 Å². The number of aromatic nitrogens is 2. The Balaban J connectivity index is 1.68. The summed E-state index contributed by atoms with van der Waals surface area (Å²) in [6.07, 6.45) is 0. The van der Waals surface area contributed by atoms with Crippen LogP contribution in [0.15, 0.2) is 64.3 Å². The molecule has 1 heterocycles. The highest BCUT2D eigenvalue weighted by Gasteiger charge is 2.26. The minimum Gasteiger partial charge on any atom is -0.452 e. The maximum atomic E-state index is 12.8. The highest BCUT2D eigenvalue weighted by atomic mass is 32.2. The number of anilines is 1. The molecule has 0 spiro atoms. The Bertz CT molecular complexity index is 1350. The van der Waals surface area contributed by atoms with Gasteiger partial charge in [-0.15, -0.1) is 0 Å². The summed E-state index contributed by atoms with van der Waals surface area (Å²) < 4.78 is 55.8. The Morgan fingerprint density at radius 2 is 1.67 bits per heavy atom. The van der Waals surface area contributed by atoms with Crippen molar-refractivity contribution in [3.63, 3.8) is 0 Å². The average Bonchev–Trinajstić information content (AvgIpc) is 3.01. The summed E-state index contributed by atoms with van der Waals surface area (Å²) in [7, 11) is -3.14. The third-order valence-corrected chi connectivity index (χ3v) is 6.20. The normalized spacial score (nSPS) is 11.4. The number of nitrogens with zero attached hydrogens (tertiary/aromatic N) is 2. The van der Waals surface area contributed by atoms with E-state index in [0.717, 1.165) is 24.3 Å². The molecular weight excluding hydrogens is 460 g/mol. The van der Waals surface area contributed by atoms with E-state index in [9.17, 15) is 31.6 Å². The third-order valence-electron chi connectivity index (χ3n) is 4.81. The van der Waals surface area contributed by atoms with Crippen LogP contribution in [-0.2, 0) is 26.4 Å². The van der Waals surface area contributed by atoms with Gasteiger partial charge >= 0.3 is 11.7 Å². The number of rotatable bonds is 7. The number of esters is 1. The van der Waals surface area contributed by atoms with E-state index < -0.39 is 44.5 Å². The van der Waals surface area contributed by atoms with E-state index in [-0.39, 0.29) is 11.3 Å². The van der Waals surface area contributed by atoms with Crippen LogP contribution in [0.25, 0.3) is 5.69 Å². The van der Waals surface area contributed by atoms with Crippen LogP contribution < -0.4 is 10.9 Å². The fraction of sp³-hybridized carbons (Fsp3) is 0.190. The second-order valence-electron chi connectivity index (χ2n) is 6.89. The zero-order chi connectivity index (χ0) is 24.3. The fourth-order valence-corrected chi connectivity index (χ4v) is 3.71. The number of alkyl halides is 2. The zero-order valence-electron chi connectivity index (χ0n) is 17.5. The van der Waals surface area contributed by atoms with Gasteiger partial charge < -0.3 is 10.1 Å². The molecule has 1 N–H and O–H groups in total. The molecule has 0 aliphatic carbocycles. The molecule has 0 aliphatic rings. The molecule has 3 aromatic rings. The summed E-state index contributed by atoms with van der Waals surface area (Å²) >= 11 is 0. The van der Waals surface area contributed by atoms with Crippen molar-refractivity contribution in [2.75, 3.05) is 11.9 Å². The van der Waals surface area contributed by atoms with Gasteiger partial charge in [-0.05, 0) is 43.3 Å². The Kier molecular flexibility index (Phi) is 6.77. The van der Waals surface area contributed by atoms with Crippen molar-refractivity contribution in [1.82, 2.24) is 9.36 Å². The molecule has 0 saturated heterocycles. The van der Waals surface area contributed by atoms with Gasteiger partial charge in [-0.2, -0.15) is 8.78 Å². The molecule has 0 fully saturated rings. The number of para-hydroxylation sites is 1. The monoisotopic (exact) mass is 479 g/mol. The number of carbonyl (C=O) groups is 2. The molecule has 1 aromatic heterocycles. The summed E-state index contributed by atoms with van der Waals surface area (Å²) in [6.45, 7) is 0.909. The summed E-state index contributed by atoms with van der Waals surface area (Å²) in [5.41, 5.74) is 0.468. The van der Waals surface area contributed by atoms with Gasteiger partial charge in [-0.1, -0.05) is 18.2 Å². The zero-order valence-corrected chi connectivity index (χ0v) is 18.3. The number of sulfone groups is 1. The summed E-state index contributed by atoms with van der Waals surface area (Å²) in [6, 6.07) is 12.5. The SMILES string of the molecule is Cc1c(NC(=O)COC(=O)c2ccc(S(=O)(=O)C(F)F)cc2)c(=O)n(-c2ccccc2)n1C. The van der Waals surface area contributed by atoms with Crippen LogP contribution >= 0.6 is 0 Å². The number of hydrogen-bond acceptors (Lipinski definition) is 6. The van der Waals surface area contributed by atoms with Gasteiger partial charge in [0.15, 0.2) is 6.61 Å². The number of ether oxygens (including phenoxy) is 1. The molecule has 3 rings (SSSR count). The van der Waals surface area contributed by atoms with Crippen LogP contribution in [-0.4, -0.2) is 42.0 Å². The van der Waals surface area contributed by atoms with Gasteiger partial charge in [-0.3, -0.25) is 14.3 Å². The number of carbonyl (C=O) groups excluding carboxylic acids is 2. The Hall–Kier alpha value is -3.80. The number of nitrogens with one attached hydrogen (secondary N) is 1. The van der Waals surface area contributed by atoms with Crippen LogP contribution in [0.3, 0.4) is 0 Å². The summed E-state index contributed by atoms with van der Waals surface area (Å²) in [4.78, 5) is 36.5. The number of amides is 1. The number of halogens is 2. The Morgan fingerprint density at radius 1 is 1.06 bits per heavy atom. The van der Waals surface area contributed by atoms with Gasteiger partial charge in [0.05, 0.1) is 21.8 Å². The molecule has 0 atom stereocenters. The first-order valence-electron chi connectivity index (χ1n) is 9.47. The fourth-order valence-electron chi connectivity index (χ4n) is 2.99. The van der Waals surface area contributed by atoms with E-state index in [4.69, 9.17) is 4.74 Å². The van der Waals surface area contributed by atoms with E-state index in [0.29, 0.717) is 11.4 Å². The lowest BCUT2D eigenvalue weighted by molar-refractivity contribution is -0.119. The molecule has 0 aliphatic heterocycles. The van der Waals surface area contributed by atoms with Crippen LogP contribution in [0.5, 0.6) is 0 Å². The standard InChI is InChI=1S/C21H19F2N3O6S/c1-13-18(19(28)26(25(13)2)15-6-4-3-5-7-15)24-17(27)12-32-20(29)14-8-10-16(11-9-14)33(30,31)21(22)23/h3-11,21H,12H2,1-2H3,(H,24,27). The Morgan fingerprint density at radius 3 is 2.24 bits per heavy atom. The quantitative estimate of drug-likeness (QED) is 0.520. The molecule has 9 nitrogen and oxygen atoms in total. The maximum absolute atomic E-state index is 12.8. The first-order chi connectivity index (χ1) is 15.5. The minimum absolute atomic E-state index is 0.0176. The predicted molar refractivity (Wildman–Crippen MR) is 114 cm³/mol. The molecule has 33 heavy (non-hydrogen) atoms. The topological polar surface area (TPSA) is 116 Å². The molecule has 0 bridgehead atoms. The van der Waals surface area contributed by atoms with E-state index in [1.54, 1.807) is 49.0 Å². The van der Waals surface area contributed by atoms with Crippen molar-refractivity contribution in [1.29, 1.82) is 0 Å². The second kappa shape index (κ2) is 9.36. The number of hydrogen-bond donors (Lipinski definition) is 1. The van der Waals surface area contributed by atoms with Crippen molar-refractivity contribution in [3.05, 3.63) is 76.2 Å². The van der Waals surface area contributed by atoms with E-state index in [1.807, 2.05) is 0 Å². The lowest BCUT2D eigenvalue weighted by Crippen LogP contribution is -2.25. The highest BCUT2D eigenvalue weighted by Crippen LogP contribution is 2.19. The molecule has 0 radical (unpaired) electrons. The Labute approximate surface area is 187 Å². The predicted octanol–water partition coefficient (Wildman–Crippen LogP) is 2.28. The first kappa shape index (κ1) is 23.9. The molecule has 2 aromatic carbocycles. The largest absolute Gasteiger partial charge is 0.452 e. The summed E-state index contributed by atoms with van der Waals surface area (Å²) in [5, 5.41) is 2.42. The molecule has 0 saturated carbocycles. The third kappa shape index (κ3) is 4.85. The molecule has 174 valence electrons. The first-order valence-corrected chi connectivity index (χ1v) is 11.0. The summed E-state index contributed by atoms with van der Waals surface area (Å²) in [5.74, 6) is -5.34. The molecule has 1 amide bonds. The molecular formula is C21H19F2N3O6S. The van der Waals surface area contributed by atoms with Crippen molar-refractivity contribution in [2.45, 2.75) is 17.6 Å². The van der Waals surface area contributed by atoms with Crippen molar-refractivity contribution >= 4 is 27.4 Å². The average molecular weight is 479 g/mol.